The minimum absolute atomic E-state index is 0.0821. The molecule has 5 nitrogen and oxygen atoms in total. The van der Waals surface area contributed by atoms with Crippen molar-refractivity contribution in [1.29, 1.82) is 0 Å². The molecule has 23 heavy (non-hydrogen) atoms. The second-order valence-corrected chi connectivity index (χ2v) is 6.64. The van der Waals surface area contributed by atoms with Crippen LogP contribution in [0.5, 0.6) is 5.75 Å². The van der Waals surface area contributed by atoms with Crippen molar-refractivity contribution in [3.05, 3.63) is 52.8 Å². The van der Waals surface area contributed by atoms with Crippen molar-refractivity contribution in [3.8, 4) is 5.75 Å². The number of methoxy groups -OCH3 is 1. The number of rotatable bonds is 5. The van der Waals surface area contributed by atoms with Gasteiger partial charge in [-0.3, -0.25) is 4.79 Å². The molecule has 0 aliphatic heterocycles. The summed E-state index contributed by atoms with van der Waals surface area (Å²) in [6, 6.07) is 10.2. The zero-order chi connectivity index (χ0) is 17.0. The molecule has 2 atom stereocenters. The van der Waals surface area contributed by atoms with Gasteiger partial charge < -0.3 is 14.6 Å². The monoisotopic (exact) mass is 352 g/mol. The molecule has 0 fully saturated rings. The fourth-order valence-electron chi connectivity index (χ4n) is 2.06. The van der Waals surface area contributed by atoms with E-state index in [2.05, 4.69) is 10.3 Å². The summed E-state index contributed by atoms with van der Waals surface area (Å²) in [7, 11) is 1.59. The zero-order valence-electron chi connectivity index (χ0n) is 13.0. The number of ether oxygens (including phenoxy) is 1. The van der Waals surface area contributed by atoms with E-state index in [0.717, 1.165) is 11.3 Å². The number of hydrogen-bond acceptors (Lipinski definition) is 4. The van der Waals surface area contributed by atoms with E-state index in [4.69, 9.17) is 16.3 Å². The summed E-state index contributed by atoms with van der Waals surface area (Å²) in [5.74, 6) is 0.327. The summed E-state index contributed by atoms with van der Waals surface area (Å²) >= 11 is 4.52. The van der Waals surface area contributed by atoms with E-state index < -0.39 is 17.1 Å². The Bertz CT molecular complexity index is 692. The largest absolute Gasteiger partial charge is 0.612 e. The first-order valence-electron chi connectivity index (χ1n) is 6.87. The third-order valence-corrected chi connectivity index (χ3v) is 4.47. The van der Waals surface area contributed by atoms with Gasteiger partial charge in [0.2, 0.25) is 0 Å². The Morgan fingerprint density at radius 1 is 1.30 bits per heavy atom. The minimum atomic E-state index is -1.33. The van der Waals surface area contributed by atoms with E-state index >= 15 is 0 Å². The van der Waals surface area contributed by atoms with Crippen LogP contribution in [-0.2, 0) is 11.2 Å². The molecule has 2 rings (SSSR count). The van der Waals surface area contributed by atoms with Gasteiger partial charge in [0.25, 0.3) is 5.91 Å². The number of benzene rings is 1. The third kappa shape index (κ3) is 4.37. The van der Waals surface area contributed by atoms with Crippen molar-refractivity contribution >= 4 is 28.7 Å². The number of hydrogen-bond donors (Lipinski definition) is 1. The normalized spacial score (nSPS) is 13.3. The first-order chi connectivity index (χ1) is 10.9. The lowest BCUT2D eigenvalue weighted by Crippen LogP contribution is -2.29. The first-order valence-corrected chi connectivity index (χ1v) is 8.80. The van der Waals surface area contributed by atoms with Gasteiger partial charge in [-0.1, -0.05) is 23.7 Å². The fourth-order valence-corrected chi connectivity index (χ4v) is 2.88. The summed E-state index contributed by atoms with van der Waals surface area (Å²) in [6.07, 6.45) is 1.49. The summed E-state index contributed by atoms with van der Waals surface area (Å²) in [6.45, 7) is 1.85. The molecule has 7 heteroatoms. The molecule has 1 heterocycles. The molecule has 0 spiro atoms. The zero-order valence-corrected chi connectivity index (χ0v) is 14.6. The Balaban J connectivity index is 2.19. The molecule has 0 saturated carbocycles. The molecule has 1 aromatic heterocycles. The maximum atomic E-state index is 12.4. The van der Waals surface area contributed by atoms with E-state index in [-0.39, 0.29) is 16.9 Å². The minimum Gasteiger partial charge on any atom is -0.612 e. The summed E-state index contributed by atoms with van der Waals surface area (Å²) in [4.78, 5) is 16.8. The molecule has 122 valence electrons. The van der Waals surface area contributed by atoms with Gasteiger partial charge >= 0.3 is 0 Å². The molecule has 0 aliphatic rings. The predicted octanol–water partition coefficient (Wildman–Crippen LogP) is 2.97. The van der Waals surface area contributed by atoms with E-state index in [1.807, 2.05) is 31.2 Å². The highest BCUT2D eigenvalue weighted by atomic mass is 35.5. The number of nitrogens with one attached hydrogen (secondary N) is 1. The Labute approximate surface area is 143 Å². The van der Waals surface area contributed by atoms with Crippen LogP contribution in [-0.4, -0.2) is 28.8 Å². The standard InChI is InChI=1S/C16H17ClN2O3S/c1-10(11-4-6-12(22-2)7-5-11)18-16(20)15-13(23(3)21)8-9-14(17)19-15/h4-10H,1-3H3,(H,18,20)/t10?,23-/m1/s1. The van der Waals surface area contributed by atoms with Gasteiger partial charge in [-0.25, -0.2) is 4.98 Å². The Morgan fingerprint density at radius 2 is 1.96 bits per heavy atom. The van der Waals surface area contributed by atoms with Crippen LogP contribution < -0.4 is 10.1 Å². The van der Waals surface area contributed by atoms with Gasteiger partial charge in [0.05, 0.1) is 13.2 Å². The topological polar surface area (TPSA) is 74.3 Å². The number of amides is 1. The van der Waals surface area contributed by atoms with Crippen molar-refractivity contribution < 1.29 is 14.1 Å². The van der Waals surface area contributed by atoms with Crippen molar-refractivity contribution in [2.24, 2.45) is 0 Å². The molecule has 0 radical (unpaired) electrons. The van der Waals surface area contributed by atoms with Gasteiger partial charge in [0, 0.05) is 0 Å². The van der Waals surface area contributed by atoms with Crippen LogP contribution in [0.3, 0.4) is 0 Å². The number of carbonyl (C=O) groups is 1. The highest BCUT2D eigenvalue weighted by Gasteiger charge is 2.22. The lowest BCUT2D eigenvalue weighted by Gasteiger charge is -2.16. The average Bonchev–Trinajstić information content (AvgIpc) is 2.54. The van der Waals surface area contributed by atoms with Crippen molar-refractivity contribution in [2.45, 2.75) is 17.9 Å². The van der Waals surface area contributed by atoms with Gasteiger partial charge in [-0.15, -0.1) is 0 Å². The molecule has 1 N–H and O–H groups in total. The van der Waals surface area contributed by atoms with Gasteiger partial charge in [-0.2, -0.15) is 0 Å². The average molecular weight is 353 g/mol. The second-order valence-electron chi connectivity index (χ2n) is 4.90. The first kappa shape index (κ1) is 17.6. The Kier molecular flexibility index (Phi) is 5.87. The van der Waals surface area contributed by atoms with Crippen molar-refractivity contribution in [3.63, 3.8) is 0 Å². The quantitative estimate of drug-likeness (QED) is 0.663. The van der Waals surface area contributed by atoms with E-state index in [1.165, 1.54) is 12.3 Å². The number of pyridine rings is 1. The van der Waals surface area contributed by atoms with E-state index in [9.17, 15) is 9.35 Å². The smallest absolute Gasteiger partial charge is 0.275 e. The number of aromatic nitrogens is 1. The van der Waals surface area contributed by atoms with Crippen LogP contribution in [0.25, 0.3) is 0 Å². The second kappa shape index (κ2) is 7.68. The predicted molar refractivity (Wildman–Crippen MR) is 90.5 cm³/mol. The van der Waals surface area contributed by atoms with Crippen molar-refractivity contribution in [2.75, 3.05) is 13.4 Å². The molecular formula is C16H17ClN2O3S. The molecule has 1 unspecified atom stereocenters. The Hall–Kier alpha value is -1.76. The molecule has 2 aromatic rings. The van der Waals surface area contributed by atoms with Gasteiger partial charge in [-0.05, 0) is 47.9 Å². The van der Waals surface area contributed by atoms with Crippen LogP contribution in [0.15, 0.2) is 41.3 Å². The Morgan fingerprint density at radius 3 is 2.52 bits per heavy atom. The molecule has 0 saturated heterocycles. The molecular weight excluding hydrogens is 336 g/mol. The molecule has 1 amide bonds. The van der Waals surface area contributed by atoms with Crippen LogP contribution in [0.1, 0.15) is 29.0 Å². The van der Waals surface area contributed by atoms with E-state index in [0.29, 0.717) is 4.90 Å². The van der Waals surface area contributed by atoms with E-state index in [1.54, 1.807) is 13.2 Å². The van der Waals surface area contributed by atoms with Crippen LogP contribution in [0.2, 0.25) is 5.15 Å². The molecule has 0 bridgehead atoms. The van der Waals surface area contributed by atoms with Gasteiger partial charge in [0.15, 0.2) is 10.6 Å². The number of halogens is 1. The summed E-state index contributed by atoms with van der Waals surface area (Å²) < 4.78 is 16.9. The lowest BCUT2D eigenvalue weighted by atomic mass is 10.1. The fraction of sp³-hybridized carbons (Fsp3) is 0.250. The highest BCUT2D eigenvalue weighted by Crippen LogP contribution is 2.20. The molecule has 0 aliphatic carbocycles. The lowest BCUT2D eigenvalue weighted by molar-refractivity contribution is 0.0931. The summed E-state index contributed by atoms with van der Waals surface area (Å²) in [5, 5.41) is 3.02. The number of carbonyl (C=O) groups excluding carboxylic acids is 1. The molecule has 1 aromatic carbocycles. The summed E-state index contributed by atoms with van der Waals surface area (Å²) in [5.41, 5.74) is 0.999. The maximum absolute atomic E-state index is 12.4. The van der Waals surface area contributed by atoms with Gasteiger partial charge in [0.1, 0.15) is 17.2 Å². The maximum Gasteiger partial charge on any atom is 0.275 e. The highest BCUT2D eigenvalue weighted by molar-refractivity contribution is 7.90. The SMILES string of the molecule is COc1ccc(C(C)NC(=O)c2nc(Cl)ccc2[S@@+](C)[O-])cc1. The van der Waals surface area contributed by atoms with Crippen LogP contribution in [0, 0.1) is 0 Å². The number of nitrogens with zero attached hydrogens (tertiary/aromatic N) is 1. The van der Waals surface area contributed by atoms with Crippen LogP contribution >= 0.6 is 11.6 Å². The van der Waals surface area contributed by atoms with Crippen molar-refractivity contribution in [1.82, 2.24) is 10.3 Å². The third-order valence-electron chi connectivity index (χ3n) is 3.31. The van der Waals surface area contributed by atoms with Crippen LogP contribution in [0.4, 0.5) is 0 Å².